The molecule has 3 N–H and O–H groups in total. The van der Waals surface area contributed by atoms with E-state index in [-0.39, 0.29) is 5.56 Å². The van der Waals surface area contributed by atoms with E-state index in [1.165, 1.54) is 17.8 Å². The molecular formula is C14H14N2O3S. The Balaban J connectivity index is 1.84. The van der Waals surface area contributed by atoms with Gasteiger partial charge in [-0.25, -0.2) is 9.78 Å². The molecule has 1 heterocycles. The number of pyridine rings is 1. The van der Waals surface area contributed by atoms with Crippen LogP contribution < -0.4 is 10.5 Å². The standard InChI is InChI=1S/C14H14N2O3S/c15-10-5-6-13(16-9-10)20-8-7-19-12-4-2-1-3-11(12)14(17)18/h1-6,9H,7-8,15H2,(H,17,18). The fourth-order valence-corrected chi connectivity index (χ4v) is 2.21. The molecule has 1 aromatic carbocycles. The van der Waals surface area contributed by atoms with Crippen molar-refractivity contribution in [3.05, 3.63) is 48.2 Å². The SMILES string of the molecule is Nc1ccc(SCCOc2ccccc2C(=O)O)nc1. The smallest absolute Gasteiger partial charge is 0.339 e. The number of anilines is 1. The van der Waals surface area contributed by atoms with Crippen molar-refractivity contribution in [1.82, 2.24) is 4.98 Å². The fraction of sp³-hybridized carbons (Fsp3) is 0.143. The van der Waals surface area contributed by atoms with E-state index in [0.717, 1.165) is 5.03 Å². The molecule has 104 valence electrons. The van der Waals surface area contributed by atoms with E-state index in [4.69, 9.17) is 15.6 Å². The first kappa shape index (κ1) is 14.2. The number of carbonyl (C=O) groups is 1. The van der Waals surface area contributed by atoms with Gasteiger partial charge in [0.15, 0.2) is 0 Å². The number of nitrogen functional groups attached to an aromatic ring is 1. The third-order valence-corrected chi connectivity index (χ3v) is 3.38. The molecule has 5 nitrogen and oxygen atoms in total. The van der Waals surface area contributed by atoms with Crippen molar-refractivity contribution in [3.63, 3.8) is 0 Å². The second-order valence-corrected chi connectivity index (χ2v) is 5.04. The number of para-hydroxylation sites is 1. The molecule has 2 aromatic rings. The zero-order valence-electron chi connectivity index (χ0n) is 10.7. The number of carboxylic acids is 1. The van der Waals surface area contributed by atoms with E-state index < -0.39 is 5.97 Å². The lowest BCUT2D eigenvalue weighted by atomic mass is 10.2. The van der Waals surface area contributed by atoms with Crippen LogP contribution in [0, 0.1) is 0 Å². The molecule has 0 bridgehead atoms. The lowest BCUT2D eigenvalue weighted by Crippen LogP contribution is -2.05. The molecule has 0 atom stereocenters. The summed E-state index contributed by atoms with van der Waals surface area (Å²) in [5.41, 5.74) is 6.35. The van der Waals surface area contributed by atoms with Crippen molar-refractivity contribution in [1.29, 1.82) is 0 Å². The number of ether oxygens (including phenoxy) is 1. The van der Waals surface area contributed by atoms with Gasteiger partial charge in [0.25, 0.3) is 0 Å². The minimum atomic E-state index is -0.992. The molecule has 0 aliphatic heterocycles. The maximum atomic E-state index is 11.0. The summed E-state index contributed by atoms with van der Waals surface area (Å²) in [6.07, 6.45) is 1.60. The van der Waals surface area contributed by atoms with Crippen LogP contribution in [-0.4, -0.2) is 28.4 Å². The lowest BCUT2D eigenvalue weighted by molar-refractivity contribution is 0.0692. The highest BCUT2D eigenvalue weighted by atomic mass is 32.2. The van der Waals surface area contributed by atoms with Crippen LogP contribution in [0.2, 0.25) is 0 Å². The Morgan fingerprint density at radius 1 is 1.30 bits per heavy atom. The summed E-state index contributed by atoms with van der Waals surface area (Å²) >= 11 is 1.52. The van der Waals surface area contributed by atoms with Crippen LogP contribution in [0.3, 0.4) is 0 Å². The van der Waals surface area contributed by atoms with Crippen LogP contribution in [0.15, 0.2) is 47.6 Å². The molecule has 1 aromatic heterocycles. The molecule has 0 radical (unpaired) electrons. The Bertz CT molecular complexity index is 587. The topological polar surface area (TPSA) is 85.4 Å². The predicted molar refractivity (Wildman–Crippen MR) is 78.3 cm³/mol. The van der Waals surface area contributed by atoms with Gasteiger partial charge >= 0.3 is 5.97 Å². The quantitative estimate of drug-likeness (QED) is 0.628. The predicted octanol–water partition coefficient (Wildman–Crippen LogP) is 2.53. The van der Waals surface area contributed by atoms with Crippen molar-refractivity contribution in [2.75, 3.05) is 18.1 Å². The van der Waals surface area contributed by atoms with E-state index in [1.807, 2.05) is 6.07 Å². The number of hydrogen-bond donors (Lipinski definition) is 2. The molecule has 20 heavy (non-hydrogen) atoms. The zero-order valence-corrected chi connectivity index (χ0v) is 11.5. The Morgan fingerprint density at radius 2 is 2.10 bits per heavy atom. The molecule has 0 aliphatic carbocycles. The van der Waals surface area contributed by atoms with Crippen molar-refractivity contribution in [2.45, 2.75) is 5.03 Å². The summed E-state index contributed by atoms with van der Waals surface area (Å²) in [5.74, 6) is 0.0598. The van der Waals surface area contributed by atoms with Crippen LogP contribution in [0.5, 0.6) is 5.75 Å². The van der Waals surface area contributed by atoms with Crippen molar-refractivity contribution >= 4 is 23.4 Å². The first-order chi connectivity index (χ1) is 9.66. The molecule has 2 rings (SSSR count). The second kappa shape index (κ2) is 6.81. The molecule has 0 fully saturated rings. The maximum absolute atomic E-state index is 11.0. The number of nitrogens with two attached hydrogens (primary N) is 1. The summed E-state index contributed by atoms with van der Waals surface area (Å²) in [4.78, 5) is 15.2. The highest BCUT2D eigenvalue weighted by Gasteiger charge is 2.09. The van der Waals surface area contributed by atoms with Gasteiger partial charge in [0.2, 0.25) is 0 Å². The van der Waals surface area contributed by atoms with E-state index in [2.05, 4.69) is 4.98 Å². The largest absolute Gasteiger partial charge is 0.492 e. The highest BCUT2D eigenvalue weighted by Crippen LogP contribution is 2.19. The average molecular weight is 290 g/mol. The average Bonchev–Trinajstić information content (AvgIpc) is 2.46. The van der Waals surface area contributed by atoms with Gasteiger partial charge in [-0.15, -0.1) is 11.8 Å². The third kappa shape index (κ3) is 3.89. The zero-order chi connectivity index (χ0) is 14.4. The third-order valence-electron chi connectivity index (χ3n) is 2.47. The first-order valence-corrected chi connectivity index (χ1v) is 6.95. The Labute approximate surface area is 120 Å². The van der Waals surface area contributed by atoms with Gasteiger partial charge in [0.1, 0.15) is 11.3 Å². The van der Waals surface area contributed by atoms with Gasteiger partial charge in [-0.3, -0.25) is 0 Å². The van der Waals surface area contributed by atoms with E-state index in [0.29, 0.717) is 23.8 Å². The summed E-state index contributed by atoms with van der Waals surface area (Å²) in [6, 6.07) is 10.2. The van der Waals surface area contributed by atoms with Crippen molar-refractivity contribution in [3.8, 4) is 5.75 Å². The molecular weight excluding hydrogens is 276 g/mol. The molecule has 0 amide bonds. The summed E-state index contributed by atoms with van der Waals surface area (Å²) in [7, 11) is 0. The Hall–Kier alpha value is -2.21. The van der Waals surface area contributed by atoms with Crippen LogP contribution in [-0.2, 0) is 0 Å². The number of thioether (sulfide) groups is 1. The normalized spacial score (nSPS) is 10.2. The fourth-order valence-electron chi connectivity index (χ4n) is 1.54. The number of aromatic carboxylic acids is 1. The van der Waals surface area contributed by atoms with Gasteiger partial charge in [0, 0.05) is 5.75 Å². The monoisotopic (exact) mass is 290 g/mol. The maximum Gasteiger partial charge on any atom is 0.339 e. The van der Waals surface area contributed by atoms with E-state index in [1.54, 1.807) is 30.5 Å². The molecule has 0 unspecified atom stereocenters. The van der Waals surface area contributed by atoms with Crippen molar-refractivity contribution in [2.24, 2.45) is 0 Å². The minimum Gasteiger partial charge on any atom is -0.492 e. The van der Waals surface area contributed by atoms with Crippen LogP contribution in [0.1, 0.15) is 10.4 Å². The van der Waals surface area contributed by atoms with Crippen LogP contribution in [0.4, 0.5) is 5.69 Å². The molecule has 0 saturated carbocycles. The van der Waals surface area contributed by atoms with Crippen LogP contribution >= 0.6 is 11.8 Å². The number of benzene rings is 1. The number of carboxylic acid groups (broad SMARTS) is 1. The number of rotatable bonds is 6. The van der Waals surface area contributed by atoms with Gasteiger partial charge in [-0.1, -0.05) is 12.1 Å². The Morgan fingerprint density at radius 3 is 2.80 bits per heavy atom. The van der Waals surface area contributed by atoms with Gasteiger partial charge in [0.05, 0.1) is 23.5 Å². The van der Waals surface area contributed by atoms with Gasteiger partial charge < -0.3 is 15.6 Å². The molecule has 0 aliphatic rings. The highest BCUT2D eigenvalue weighted by molar-refractivity contribution is 7.99. The number of aromatic nitrogens is 1. The molecule has 0 spiro atoms. The number of hydrogen-bond acceptors (Lipinski definition) is 5. The van der Waals surface area contributed by atoms with E-state index >= 15 is 0 Å². The second-order valence-electron chi connectivity index (χ2n) is 3.93. The first-order valence-electron chi connectivity index (χ1n) is 5.96. The van der Waals surface area contributed by atoms with Gasteiger partial charge in [-0.05, 0) is 24.3 Å². The summed E-state index contributed by atoms with van der Waals surface area (Å²) in [5, 5.41) is 9.87. The Kier molecular flexibility index (Phi) is 4.84. The van der Waals surface area contributed by atoms with Gasteiger partial charge in [-0.2, -0.15) is 0 Å². The molecule has 6 heteroatoms. The number of nitrogens with zero attached hydrogens (tertiary/aromatic N) is 1. The molecule has 0 saturated heterocycles. The summed E-state index contributed by atoms with van der Waals surface area (Å²) < 4.78 is 5.49. The summed E-state index contributed by atoms with van der Waals surface area (Å²) in [6.45, 7) is 0.404. The van der Waals surface area contributed by atoms with Crippen LogP contribution in [0.25, 0.3) is 0 Å². The minimum absolute atomic E-state index is 0.170. The van der Waals surface area contributed by atoms with E-state index in [9.17, 15) is 4.79 Å². The van der Waals surface area contributed by atoms with Crippen molar-refractivity contribution < 1.29 is 14.6 Å². The lowest BCUT2D eigenvalue weighted by Gasteiger charge is -2.08.